The lowest BCUT2D eigenvalue weighted by Gasteiger charge is -2.08. The van der Waals surface area contributed by atoms with Gasteiger partial charge in [-0.05, 0) is 49.7 Å². The number of nitrogens with zero attached hydrogens (tertiary/aromatic N) is 1. The number of hydrogen-bond donors (Lipinski definition) is 2. The molecule has 0 aliphatic heterocycles. The standard InChI is InChI=1S/C17H17N3O2/c1-11-4-3-5-14(8-11)22-10-17(21)20-13-6-7-15-16(9-13)19-12(2)18-15/h3-9H,10H2,1-2H3,(H,18,19)(H,20,21). The number of aromatic amines is 1. The summed E-state index contributed by atoms with van der Waals surface area (Å²) in [5, 5.41) is 2.82. The van der Waals surface area contributed by atoms with Crippen molar-refractivity contribution in [1.82, 2.24) is 9.97 Å². The molecule has 0 fully saturated rings. The molecule has 1 amide bonds. The van der Waals surface area contributed by atoms with E-state index in [9.17, 15) is 4.79 Å². The first-order chi connectivity index (χ1) is 10.6. The van der Waals surface area contributed by atoms with Crippen molar-refractivity contribution in [3.05, 3.63) is 53.9 Å². The second kappa shape index (κ2) is 5.89. The van der Waals surface area contributed by atoms with Gasteiger partial charge >= 0.3 is 0 Å². The molecule has 0 saturated carbocycles. The number of imidazole rings is 1. The van der Waals surface area contributed by atoms with Crippen molar-refractivity contribution in [1.29, 1.82) is 0 Å². The molecule has 0 aliphatic rings. The second-order valence-corrected chi connectivity index (χ2v) is 5.21. The summed E-state index contributed by atoms with van der Waals surface area (Å²) in [6.07, 6.45) is 0. The minimum Gasteiger partial charge on any atom is -0.484 e. The number of H-pyrrole nitrogens is 1. The number of anilines is 1. The highest BCUT2D eigenvalue weighted by Crippen LogP contribution is 2.17. The Hall–Kier alpha value is -2.82. The number of ether oxygens (including phenoxy) is 1. The van der Waals surface area contributed by atoms with Crippen molar-refractivity contribution in [3.8, 4) is 5.75 Å². The van der Waals surface area contributed by atoms with Crippen molar-refractivity contribution in [2.45, 2.75) is 13.8 Å². The summed E-state index contributed by atoms with van der Waals surface area (Å²) < 4.78 is 5.48. The number of amides is 1. The molecule has 0 aliphatic carbocycles. The minimum atomic E-state index is -0.197. The second-order valence-electron chi connectivity index (χ2n) is 5.21. The highest BCUT2D eigenvalue weighted by molar-refractivity contribution is 5.94. The summed E-state index contributed by atoms with van der Waals surface area (Å²) in [5.74, 6) is 1.34. The SMILES string of the molecule is Cc1cccc(OCC(=O)Nc2ccc3nc(C)[nH]c3c2)c1. The Morgan fingerprint density at radius 1 is 1.23 bits per heavy atom. The molecule has 22 heavy (non-hydrogen) atoms. The highest BCUT2D eigenvalue weighted by atomic mass is 16.5. The maximum atomic E-state index is 12.0. The first-order valence-electron chi connectivity index (χ1n) is 7.06. The van der Waals surface area contributed by atoms with Crippen LogP contribution >= 0.6 is 0 Å². The molecule has 112 valence electrons. The van der Waals surface area contributed by atoms with Crippen molar-refractivity contribution < 1.29 is 9.53 Å². The predicted molar refractivity (Wildman–Crippen MR) is 86.1 cm³/mol. The molecule has 5 heteroatoms. The van der Waals surface area contributed by atoms with Gasteiger partial charge in [0.05, 0.1) is 11.0 Å². The number of carbonyl (C=O) groups excluding carboxylic acids is 1. The van der Waals surface area contributed by atoms with E-state index in [0.717, 1.165) is 22.4 Å². The average Bonchev–Trinajstić information content (AvgIpc) is 2.84. The topological polar surface area (TPSA) is 67.0 Å². The monoisotopic (exact) mass is 295 g/mol. The fourth-order valence-corrected chi connectivity index (χ4v) is 2.27. The molecule has 2 N–H and O–H groups in total. The molecular weight excluding hydrogens is 278 g/mol. The van der Waals surface area contributed by atoms with Crippen LogP contribution < -0.4 is 10.1 Å². The summed E-state index contributed by atoms with van der Waals surface area (Å²) in [4.78, 5) is 19.4. The van der Waals surface area contributed by atoms with Gasteiger partial charge in [-0.15, -0.1) is 0 Å². The van der Waals surface area contributed by atoms with Crippen LogP contribution in [0, 0.1) is 13.8 Å². The van der Waals surface area contributed by atoms with E-state index in [0.29, 0.717) is 11.4 Å². The number of hydrogen-bond acceptors (Lipinski definition) is 3. The smallest absolute Gasteiger partial charge is 0.262 e. The third-order valence-corrected chi connectivity index (χ3v) is 3.24. The number of aromatic nitrogens is 2. The van der Waals surface area contributed by atoms with E-state index in [1.165, 1.54) is 0 Å². The third-order valence-electron chi connectivity index (χ3n) is 3.24. The number of fused-ring (bicyclic) bond motifs is 1. The molecular formula is C17H17N3O2. The Morgan fingerprint density at radius 2 is 2.09 bits per heavy atom. The van der Waals surface area contributed by atoms with Crippen LogP contribution in [0.1, 0.15) is 11.4 Å². The van der Waals surface area contributed by atoms with Gasteiger partial charge in [0.15, 0.2) is 6.61 Å². The van der Waals surface area contributed by atoms with Crippen LogP contribution in [-0.4, -0.2) is 22.5 Å². The van der Waals surface area contributed by atoms with Gasteiger partial charge in [-0.2, -0.15) is 0 Å². The normalized spacial score (nSPS) is 10.6. The number of aryl methyl sites for hydroxylation is 2. The highest BCUT2D eigenvalue weighted by Gasteiger charge is 2.06. The molecule has 0 bridgehead atoms. The van der Waals surface area contributed by atoms with Gasteiger partial charge in [0, 0.05) is 5.69 Å². The van der Waals surface area contributed by atoms with Crippen molar-refractivity contribution in [3.63, 3.8) is 0 Å². The van der Waals surface area contributed by atoms with Crippen molar-refractivity contribution in [2.24, 2.45) is 0 Å². The number of nitrogens with one attached hydrogen (secondary N) is 2. The Bertz CT molecular complexity index is 824. The van der Waals surface area contributed by atoms with Gasteiger partial charge in [-0.25, -0.2) is 4.98 Å². The molecule has 1 aromatic heterocycles. The molecule has 3 aromatic rings. The van der Waals surface area contributed by atoms with Crippen LogP contribution in [0.15, 0.2) is 42.5 Å². The lowest BCUT2D eigenvalue weighted by atomic mass is 10.2. The Kier molecular flexibility index (Phi) is 3.78. The minimum absolute atomic E-state index is 0.0243. The largest absolute Gasteiger partial charge is 0.484 e. The van der Waals surface area contributed by atoms with Gasteiger partial charge in [-0.3, -0.25) is 4.79 Å². The van der Waals surface area contributed by atoms with Crippen LogP contribution in [0.4, 0.5) is 5.69 Å². The molecule has 5 nitrogen and oxygen atoms in total. The summed E-state index contributed by atoms with van der Waals surface area (Å²) in [6.45, 7) is 3.85. The lowest BCUT2D eigenvalue weighted by molar-refractivity contribution is -0.118. The van der Waals surface area contributed by atoms with Gasteiger partial charge in [-0.1, -0.05) is 12.1 Å². The summed E-state index contributed by atoms with van der Waals surface area (Å²) in [5.41, 5.74) is 3.59. The molecule has 0 spiro atoms. The fourth-order valence-electron chi connectivity index (χ4n) is 2.27. The van der Waals surface area contributed by atoms with E-state index in [2.05, 4.69) is 15.3 Å². The van der Waals surface area contributed by atoms with Crippen LogP contribution in [0.2, 0.25) is 0 Å². The lowest BCUT2D eigenvalue weighted by Crippen LogP contribution is -2.20. The van der Waals surface area contributed by atoms with E-state index < -0.39 is 0 Å². The molecule has 0 atom stereocenters. The van der Waals surface area contributed by atoms with Gasteiger partial charge in [0.25, 0.3) is 5.91 Å². The zero-order chi connectivity index (χ0) is 15.5. The number of carbonyl (C=O) groups is 1. The first kappa shape index (κ1) is 14.1. The molecule has 1 heterocycles. The average molecular weight is 295 g/mol. The maximum absolute atomic E-state index is 12.0. The van der Waals surface area contributed by atoms with E-state index in [1.54, 1.807) is 0 Å². The van der Waals surface area contributed by atoms with E-state index in [1.807, 2.05) is 56.3 Å². The van der Waals surface area contributed by atoms with Crippen LogP contribution in [0.5, 0.6) is 5.75 Å². The molecule has 0 saturated heterocycles. The zero-order valence-corrected chi connectivity index (χ0v) is 12.5. The summed E-state index contributed by atoms with van der Waals surface area (Å²) in [6, 6.07) is 13.2. The Labute approximate surface area is 128 Å². The molecule has 3 rings (SSSR count). The fraction of sp³-hybridized carbons (Fsp3) is 0.176. The predicted octanol–water partition coefficient (Wildman–Crippen LogP) is 3.20. The molecule has 0 radical (unpaired) electrons. The molecule has 2 aromatic carbocycles. The van der Waals surface area contributed by atoms with Gasteiger partial charge in [0.2, 0.25) is 0 Å². The first-order valence-corrected chi connectivity index (χ1v) is 7.06. The van der Waals surface area contributed by atoms with Crippen molar-refractivity contribution in [2.75, 3.05) is 11.9 Å². The van der Waals surface area contributed by atoms with Crippen LogP contribution in [0.3, 0.4) is 0 Å². The summed E-state index contributed by atoms with van der Waals surface area (Å²) in [7, 11) is 0. The Morgan fingerprint density at radius 3 is 2.91 bits per heavy atom. The zero-order valence-electron chi connectivity index (χ0n) is 12.5. The van der Waals surface area contributed by atoms with Crippen LogP contribution in [0.25, 0.3) is 11.0 Å². The van der Waals surface area contributed by atoms with E-state index in [4.69, 9.17) is 4.74 Å². The quantitative estimate of drug-likeness (QED) is 0.776. The summed E-state index contributed by atoms with van der Waals surface area (Å²) >= 11 is 0. The molecule has 0 unspecified atom stereocenters. The maximum Gasteiger partial charge on any atom is 0.262 e. The van der Waals surface area contributed by atoms with Gasteiger partial charge < -0.3 is 15.0 Å². The van der Waals surface area contributed by atoms with Crippen molar-refractivity contribution >= 4 is 22.6 Å². The van der Waals surface area contributed by atoms with Gasteiger partial charge in [0.1, 0.15) is 11.6 Å². The Balaban J connectivity index is 1.62. The van der Waals surface area contributed by atoms with E-state index in [-0.39, 0.29) is 12.5 Å². The van der Waals surface area contributed by atoms with E-state index >= 15 is 0 Å². The van der Waals surface area contributed by atoms with Crippen LogP contribution in [-0.2, 0) is 4.79 Å². The number of benzene rings is 2. The third kappa shape index (κ3) is 3.25. The number of rotatable bonds is 4.